The van der Waals surface area contributed by atoms with Crippen LogP contribution in [0.1, 0.15) is 32.1 Å². The van der Waals surface area contributed by atoms with Crippen molar-refractivity contribution in [2.45, 2.75) is 13.8 Å². The number of benzene rings is 1. The normalized spacial score (nSPS) is 9.89. The number of carbonyl (C=O) groups is 2. The Kier molecular flexibility index (Phi) is 6.91. The average molecular weight is 386 g/mol. The van der Waals surface area contributed by atoms with Gasteiger partial charge in [-0.3, -0.25) is 5.10 Å². The second-order valence-electron chi connectivity index (χ2n) is 5.66. The van der Waals surface area contributed by atoms with Crippen molar-refractivity contribution in [3.63, 3.8) is 0 Å². The minimum Gasteiger partial charge on any atom is -0.497 e. The van der Waals surface area contributed by atoms with Crippen LogP contribution in [0, 0.1) is 13.8 Å². The van der Waals surface area contributed by atoms with E-state index in [-0.39, 0.29) is 11.9 Å². The fourth-order valence-electron chi connectivity index (χ4n) is 2.30. The molecule has 2 aromatic heterocycles. The lowest BCUT2D eigenvalue weighted by Crippen LogP contribution is -2.01. The van der Waals surface area contributed by atoms with Crippen molar-refractivity contribution in [2.75, 3.05) is 21.3 Å². The first-order chi connectivity index (χ1) is 13.4. The maximum Gasteiger partial charge on any atom is 0.341 e. The molecular weight excluding hydrogens is 364 g/mol. The van der Waals surface area contributed by atoms with Crippen LogP contribution in [0.3, 0.4) is 0 Å². The van der Waals surface area contributed by atoms with E-state index < -0.39 is 0 Å². The van der Waals surface area contributed by atoms with E-state index in [0.717, 1.165) is 17.1 Å². The quantitative estimate of drug-likeness (QED) is 0.686. The van der Waals surface area contributed by atoms with Gasteiger partial charge in [0, 0.05) is 11.9 Å². The molecule has 2 heterocycles. The van der Waals surface area contributed by atoms with E-state index in [9.17, 15) is 9.59 Å². The lowest BCUT2D eigenvalue weighted by atomic mass is 10.3. The first-order valence-corrected chi connectivity index (χ1v) is 8.28. The lowest BCUT2D eigenvalue weighted by molar-refractivity contribution is 0.0591. The molecule has 0 bridgehead atoms. The zero-order valence-corrected chi connectivity index (χ0v) is 16.3. The fourth-order valence-corrected chi connectivity index (χ4v) is 2.30. The van der Waals surface area contributed by atoms with E-state index in [0.29, 0.717) is 16.8 Å². The third-order valence-electron chi connectivity index (χ3n) is 3.88. The third-order valence-corrected chi connectivity index (χ3v) is 3.88. The maximum atomic E-state index is 11.5. The highest BCUT2D eigenvalue weighted by atomic mass is 16.5. The highest BCUT2D eigenvalue weighted by Crippen LogP contribution is 2.16. The fraction of sp³-hybridized carbons (Fsp3) is 0.263. The molecule has 3 aromatic rings. The molecule has 9 nitrogen and oxygen atoms in total. The number of nitrogens with zero attached hydrogens (tertiary/aromatic N) is 3. The molecule has 28 heavy (non-hydrogen) atoms. The summed E-state index contributed by atoms with van der Waals surface area (Å²) in [5.74, 6) is 0.0364. The zero-order valence-electron chi connectivity index (χ0n) is 16.3. The minimum absolute atomic E-state index is 0.355. The van der Waals surface area contributed by atoms with Crippen LogP contribution in [0.15, 0.2) is 36.7 Å². The number of hydrogen-bond acceptors (Lipinski definition) is 7. The number of rotatable bonds is 4. The molecule has 0 saturated carbocycles. The van der Waals surface area contributed by atoms with Crippen LogP contribution in [-0.4, -0.2) is 53.2 Å². The number of nitrogens with one attached hydrogen (secondary N) is 1. The molecule has 0 radical (unpaired) electrons. The molecule has 1 N–H and O–H groups in total. The Hall–Kier alpha value is -3.62. The second kappa shape index (κ2) is 9.36. The van der Waals surface area contributed by atoms with Crippen LogP contribution < -0.4 is 4.74 Å². The molecule has 0 atom stereocenters. The number of aryl methyl sites for hydroxylation is 2. The Morgan fingerprint density at radius 2 is 1.57 bits per heavy atom. The van der Waals surface area contributed by atoms with Crippen LogP contribution in [0.4, 0.5) is 0 Å². The van der Waals surface area contributed by atoms with Gasteiger partial charge in [0.1, 0.15) is 16.9 Å². The van der Waals surface area contributed by atoms with E-state index >= 15 is 0 Å². The monoisotopic (exact) mass is 386 g/mol. The largest absolute Gasteiger partial charge is 0.497 e. The van der Waals surface area contributed by atoms with Gasteiger partial charge < -0.3 is 14.2 Å². The van der Waals surface area contributed by atoms with Gasteiger partial charge in [-0.1, -0.05) is 0 Å². The Labute approximate surface area is 162 Å². The molecule has 0 spiro atoms. The number of hydrogen-bond donors (Lipinski definition) is 1. The topological polar surface area (TPSA) is 108 Å². The summed E-state index contributed by atoms with van der Waals surface area (Å²) >= 11 is 0. The Balaban J connectivity index is 0.000000237. The second-order valence-corrected chi connectivity index (χ2v) is 5.66. The number of aromatic nitrogens is 4. The number of ether oxygens (including phenoxy) is 3. The Morgan fingerprint density at radius 1 is 0.964 bits per heavy atom. The summed E-state index contributed by atoms with van der Waals surface area (Å²) in [4.78, 5) is 22.3. The summed E-state index contributed by atoms with van der Waals surface area (Å²) in [5, 5.41) is 10.6. The summed E-state index contributed by atoms with van der Waals surface area (Å²) in [6.45, 7) is 3.53. The van der Waals surface area contributed by atoms with E-state index in [1.165, 1.54) is 20.4 Å². The van der Waals surface area contributed by atoms with Gasteiger partial charge in [-0.2, -0.15) is 10.2 Å². The molecule has 0 unspecified atom stereocenters. The summed E-state index contributed by atoms with van der Waals surface area (Å²) in [5.41, 5.74) is 3.18. The van der Waals surface area contributed by atoms with E-state index in [1.54, 1.807) is 31.8 Å². The summed E-state index contributed by atoms with van der Waals surface area (Å²) in [6, 6.07) is 7.41. The Bertz CT molecular complexity index is 944. The average Bonchev–Trinajstić information content (AvgIpc) is 3.33. The highest BCUT2D eigenvalue weighted by molar-refractivity contribution is 5.90. The van der Waals surface area contributed by atoms with E-state index in [1.807, 2.05) is 24.3 Å². The van der Waals surface area contributed by atoms with Crippen molar-refractivity contribution < 1.29 is 23.8 Å². The van der Waals surface area contributed by atoms with Gasteiger partial charge >= 0.3 is 11.9 Å². The van der Waals surface area contributed by atoms with Crippen molar-refractivity contribution in [1.82, 2.24) is 20.0 Å². The van der Waals surface area contributed by atoms with Crippen LogP contribution in [-0.2, 0) is 9.47 Å². The number of aromatic amines is 1. The zero-order chi connectivity index (χ0) is 20.7. The molecule has 0 aliphatic carbocycles. The van der Waals surface area contributed by atoms with Gasteiger partial charge in [0.25, 0.3) is 0 Å². The standard InChI is InChI=1S/C13H14N2O3.C6H8N2O2/c1-9-12(13(16)18-3)8-15(14-9)10-4-6-11(17-2)7-5-10;1-4-5(3-7-8-4)6(9)10-2/h4-8H,1-3H3;3H,1-2H3,(H,7,8). The molecule has 148 valence electrons. The predicted molar refractivity (Wildman–Crippen MR) is 101 cm³/mol. The molecule has 3 rings (SSSR count). The van der Waals surface area contributed by atoms with Gasteiger partial charge in [0.15, 0.2) is 0 Å². The molecule has 0 aliphatic rings. The molecule has 0 fully saturated rings. The van der Waals surface area contributed by atoms with Crippen LogP contribution in [0.5, 0.6) is 5.75 Å². The number of esters is 2. The third kappa shape index (κ3) is 4.76. The maximum absolute atomic E-state index is 11.5. The van der Waals surface area contributed by atoms with Gasteiger partial charge in [-0.05, 0) is 38.1 Å². The van der Waals surface area contributed by atoms with Crippen molar-refractivity contribution >= 4 is 11.9 Å². The van der Waals surface area contributed by atoms with Crippen LogP contribution >= 0.6 is 0 Å². The first kappa shape index (κ1) is 20.7. The predicted octanol–water partition coefficient (Wildman–Crippen LogP) is 2.48. The SMILES string of the molecule is COC(=O)c1cn(-c2ccc(OC)cc2)nc1C.COC(=O)c1cn[nH]c1C. The number of H-pyrrole nitrogens is 1. The lowest BCUT2D eigenvalue weighted by Gasteiger charge is -2.02. The molecule has 9 heteroatoms. The smallest absolute Gasteiger partial charge is 0.341 e. The number of methoxy groups -OCH3 is 3. The van der Waals surface area contributed by atoms with Crippen molar-refractivity contribution in [3.05, 3.63) is 59.2 Å². The first-order valence-electron chi connectivity index (χ1n) is 8.28. The molecule has 0 aliphatic heterocycles. The van der Waals surface area contributed by atoms with Gasteiger partial charge in [0.2, 0.25) is 0 Å². The van der Waals surface area contributed by atoms with Gasteiger partial charge in [0.05, 0.1) is 38.9 Å². The van der Waals surface area contributed by atoms with Gasteiger partial charge in [-0.15, -0.1) is 0 Å². The minimum atomic E-state index is -0.382. The molecular formula is C19H22N4O5. The Morgan fingerprint density at radius 3 is 2.07 bits per heavy atom. The summed E-state index contributed by atoms with van der Waals surface area (Å²) in [7, 11) is 4.31. The molecule has 0 amide bonds. The van der Waals surface area contributed by atoms with Crippen molar-refractivity contribution in [3.8, 4) is 11.4 Å². The van der Waals surface area contributed by atoms with E-state index in [4.69, 9.17) is 9.47 Å². The summed E-state index contributed by atoms with van der Waals surface area (Å²) in [6.07, 6.45) is 3.10. The van der Waals surface area contributed by atoms with E-state index in [2.05, 4.69) is 20.0 Å². The highest BCUT2D eigenvalue weighted by Gasteiger charge is 2.14. The molecule has 0 saturated heterocycles. The van der Waals surface area contributed by atoms with Crippen LogP contribution in [0.25, 0.3) is 5.69 Å². The number of carbonyl (C=O) groups excluding carboxylic acids is 2. The van der Waals surface area contributed by atoms with Crippen molar-refractivity contribution in [2.24, 2.45) is 0 Å². The van der Waals surface area contributed by atoms with Crippen LogP contribution in [0.2, 0.25) is 0 Å². The molecule has 1 aromatic carbocycles. The summed E-state index contributed by atoms with van der Waals surface area (Å²) < 4.78 is 15.9. The van der Waals surface area contributed by atoms with Gasteiger partial charge in [-0.25, -0.2) is 14.3 Å². The van der Waals surface area contributed by atoms with Crippen molar-refractivity contribution in [1.29, 1.82) is 0 Å².